The second kappa shape index (κ2) is 11.2. The number of hydrogen-bond donors (Lipinski definition) is 0. The number of ether oxygens (including phenoxy) is 2. The van der Waals surface area contributed by atoms with Gasteiger partial charge in [0.25, 0.3) is 0 Å². The minimum atomic E-state index is -0.326. The molecule has 0 spiro atoms. The van der Waals surface area contributed by atoms with Gasteiger partial charge in [-0.1, -0.05) is 71.7 Å². The quantitative estimate of drug-likeness (QED) is 0.296. The zero-order valence-corrected chi connectivity index (χ0v) is 19.8. The summed E-state index contributed by atoms with van der Waals surface area (Å²) in [5, 5.41) is 0.647. The van der Waals surface area contributed by atoms with Gasteiger partial charge < -0.3 is 9.47 Å². The van der Waals surface area contributed by atoms with Crippen molar-refractivity contribution < 1.29 is 14.3 Å². The highest BCUT2D eigenvalue weighted by molar-refractivity contribution is 9.10. The Morgan fingerprint density at radius 2 is 1.71 bits per heavy atom. The summed E-state index contributed by atoms with van der Waals surface area (Å²) in [6.07, 6.45) is 3.74. The summed E-state index contributed by atoms with van der Waals surface area (Å²) in [4.78, 5) is 12.7. The van der Waals surface area contributed by atoms with E-state index in [1.54, 1.807) is 12.1 Å². The van der Waals surface area contributed by atoms with Crippen molar-refractivity contribution in [3.8, 4) is 11.5 Å². The first kappa shape index (κ1) is 23.1. The first-order valence-corrected chi connectivity index (χ1v) is 11.2. The van der Waals surface area contributed by atoms with Gasteiger partial charge in [-0.05, 0) is 71.7 Å². The van der Waals surface area contributed by atoms with Crippen LogP contribution in [0, 0.1) is 5.92 Å². The molecule has 0 aliphatic carbocycles. The zero-order chi connectivity index (χ0) is 22.2. The van der Waals surface area contributed by atoms with Crippen LogP contribution >= 0.6 is 27.5 Å². The van der Waals surface area contributed by atoms with Crippen LogP contribution in [0.5, 0.6) is 11.5 Å². The maximum Gasteiger partial charge on any atom is 0.313 e. The number of hydrogen-bond acceptors (Lipinski definition) is 3. The number of benzene rings is 3. The third kappa shape index (κ3) is 6.98. The molecule has 0 fully saturated rings. The largest absolute Gasteiger partial charge is 0.461 e. The highest BCUT2D eigenvalue weighted by atomic mass is 79.9. The molecule has 0 saturated heterocycles. The lowest BCUT2D eigenvalue weighted by atomic mass is 9.88. The molecule has 0 saturated carbocycles. The molecule has 0 aromatic heterocycles. The lowest BCUT2D eigenvalue weighted by Crippen LogP contribution is -2.21. The Balaban J connectivity index is 1.58. The topological polar surface area (TPSA) is 35.5 Å². The van der Waals surface area contributed by atoms with E-state index < -0.39 is 0 Å². The highest BCUT2D eigenvalue weighted by Crippen LogP contribution is 2.27. The molecular formula is C26H24BrClO3. The fraction of sp³-hybridized carbons (Fsp3) is 0.192. The van der Waals surface area contributed by atoms with Crippen molar-refractivity contribution >= 4 is 39.6 Å². The standard InChI is InChI=1S/C26H24BrClO3/c1-18(2)25(20-8-12-22(28)13-9-20)26(29)30-16-4-6-19-5-3-7-24(17-19)31-23-14-10-21(27)11-15-23/h3-15,17-18,25H,16H2,1-2H3/b6-4+. The fourth-order valence-corrected chi connectivity index (χ4v) is 3.58. The Hall–Kier alpha value is -2.56. The molecule has 1 atom stereocenters. The lowest BCUT2D eigenvalue weighted by Gasteiger charge is -2.19. The van der Waals surface area contributed by atoms with Crippen LogP contribution in [0.3, 0.4) is 0 Å². The summed E-state index contributed by atoms with van der Waals surface area (Å²) >= 11 is 9.38. The monoisotopic (exact) mass is 498 g/mol. The molecule has 3 aromatic rings. The summed E-state index contributed by atoms with van der Waals surface area (Å²) < 4.78 is 12.4. The Labute approximate surface area is 196 Å². The predicted molar refractivity (Wildman–Crippen MR) is 130 cm³/mol. The summed E-state index contributed by atoms with van der Waals surface area (Å²) in [5.74, 6) is 1.05. The maximum absolute atomic E-state index is 12.7. The molecular weight excluding hydrogens is 476 g/mol. The van der Waals surface area contributed by atoms with Crippen molar-refractivity contribution in [1.82, 2.24) is 0 Å². The predicted octanol–water partition coefficient (Wildman–Crippen LogP) is 7.89. The van der Waals surface area contributed by atoms with Crippen LogP contribution in [-0.2, 0) is 9.53 Å². The third-order valence-corrected chi connectivity index (χ3v) is 5.47. The molecule has 160 valence electrons. The van der Waals surface area contributed by atoms with E-state index in [1.165, 1.54) is 0 Å². The Bertz CT molecular complexity index is 1030. The minimum Gasteiger partial charge on any atom is -0.461 e. The van der Waals surface area contributed by atoms with Crippen LogP contribution in [-0.4, -0.2) is 12.6 Å². The highest BCUT2D eigenvalue weighted by Gasteiger charge is 2.25. The average molecular weight is 500 g/mol. The maximum atomic E-state index is 12.7. The molecule has 0 aliphatic rings. The molecule has 0 amide bonds. The number of esters is 1. The minimum absolute atomic E-state index is 0.116. The van der Waals surface area contributed by atoms with Gasteiger partial charge in [0, 0.05) is 9.50 Å². The summed E-state index contributed by atoms with van der Waals surface area (Å²) in [5.41, 5.74) is 1.87. The average Bonchev–Trinajstić information content (AvgIpc) is 2.74. The second-order valence-electron chi connectivity index (χ2n) is 7.43. The molecule has 31 heavy (non-hydrogen) atoms. The summed E-state index contributed by atoms with van der Waals surface area (Å²) in [7, 11) is 0. The first-order valence-electron chi connectivity index (χ1n) is 10.0. The van der Waals surface area contributed by atoms with Crippen LogP contribution in [0.15, 0.2) is 83.3 Å². The van der Waals surface area contributed by atoms with Gasteiger partial charge in [-0.2, -0.15) is 0 Å². The van der Waals surface area contributed by atoms with Crippen LogP contribution < -0.4 is 4.74 Å². The van der Waals surface area contributed by atoms with Crippen molar-refractivity contribution in [3.63, 3.8) is 0 Å². The number of carbonyl (C=O) groups is 1. The van der Waals surface area contributed by atoms with E-state index in [2.05, 4.69) is 15.9 Å². The number of halogens is 2. The van der Waals surface area contributed by atoms with E-state index in [-0.39, 0.29) is 24.4 Å². The molecule has 3 aromatic carbocycles. The summed E-state index contributed by atoms with van der Waals surface area (Å²) in [6, 6.07) is 22.7. The molecule has 0 N–H and O–H groups in total. The SMILES string of the molecule is CC(C)C(C(=O)OC/C=C/c1cccc(Oc2ccc(Br)cc2)c1)c1ccc(Cl)cc1. The smallest absolute Gasteiger partial charge is 0.313 e. The normalized spacial score (nSPS) is 12.2. The molecule has 0 aliphatic heterocycles. The van der Waals surface area contributed by atoms with Crippen molar-refractivity contribution in [2.75, 3.05) is 6.61 Å². The van der Waals surface area contributed by atoms with Crippen molar-refractivity contribution in [1.29, 1.82) is 0 Å². The Morgan fingerprint density at radius 3 is 2.39 bits per heavy atom. The molecule has 3 rings (SSSR count). The van der Waals surface area contributed by atoms with Gasteiger partial charge in [-0.3, -0.25) is 4.79 Å². The van der Waals surface area contributed by atoms with Gasteiger partial charge in [-0.25, -0.2) is 0 Å². The van der Waals surface area contributed by atoms with E-state index in [0.29, 0.717) is 5.02 Å². The summed E-state index contributed by atoms with van der Waals surface area (Å²) in [6.45, 7) is 4.22. The van der Waals surface area contributed by atoms with E-state index in [0.717, 1.165) is 27.1 Å². The molecule has 0 heterocycles. The van der Waals surface area contributed by atoms with Crippen molar-refractivity contribution in [2.24, 2.45) is 5.92 Å². The molecule has 0 bridgehead atoms. The number of carbonyl (C=O) groups excluding carboxylic acids is 1. The number of rotatable bonds is 8. The first-order chi connectivity index (χ1) is 14.9. The van der Waals surface area contributed by atoms with E-state index in [9.17, 15) is 4.79 Å². The van der Waals surface area contributed by atoms with E-state index >= 15 is 0 Å². The van der Waals surface area contributed by atoms with Crippen LogP contribution in [0.4, 0.5) is 0 Å². The Morgan fingerprint density at radius 1 is 1.00 bits per heavy atom. The zero-order valence-electron chi connectivity index (χ0n) is 17.4. The molecule has 3 nitrogen and oxygen atoms in total. The van der Waals surface area contributed by atoms with Gasteiger partial charge in [0.05, 0.1) is 5.92 Å². The van der Waals surface area contributed by atoms with Gasteiger partial charge in [-0.15, -0.1) is 0 Å². The van der Waals surface area contributed by atoms with Crippen LogP contribution in [0.25, 0.3) is 6.08 Å². The van der Waals surface area contributed by atoms with E-state index in [1.807, 2.05) is 86.7 Å². The second-order valence-corrected chi connectivity index (χ2v) is 8.79. The van der Waals surface area contributed by atoms with Gasteiger partial charge >= 0.3 is 5.97 Å². The van der Waals surface area contributed by atoms with Gasteiger partial charge in [0.1, 0.15) is 18.1 Å². The molecule has 5 heteroatoms. The van der Waals surface area contributed by atoms with E-state index in [4.69, 9.17) is 21.1 Å². The van der Waals surface area contributed by atoms with Crippen LogP contribution in [0.1, 0.15) is 30.9 Å². The van der Waals surface area contributed by atoms with Crippen molar-refractivity contribution in [3.05, 3.63) is 99.5 Å². The van der Waals surface area contributed by atoms with Gasteiger partial charge in [0.15, 0.2) is 0 Å². The molecule has 1 unspecified atom stereocenters. The van der Waals surface area contributed by atoms with Gasteiger partial charge in [0.2, 0.25) is 0 Å². The Kier molecular flexibility index (Phi) is 8.33. The third-order valence-electron chi connectivity index (χ3n) is 4.69. The van der Waals surface area contributed by atoms with Crippen LogP contribution in [0.2, 0.25) is 5.02 Å². The van der Waals surface area contributed by atoms with Crippen molar-refractivity contribution in [2.45, 2.75) is 19.8 Å². The lowest BCUT2D eigenvalue weighted by molar-refractivity contribution is -0.145. The fourth-order valence-electron chi connectivity index (χ4n) is 3.19. The molecule has 0 radical (unpaired) electrons.